The van der Waals surface area contributed by atoms with Crippen LogP contribution in [0.15, 0.2) is 35.7 Å². The first-order valence-electron chi connectivity index (χ1n) is 5.35. The number of ether oxygens (including phenoxy) is 1. The van der Waals surface area contributed by atoms with E-state index in [9.17, 15) is 4.79 Å². The summed E-state index contributed by atoms with van der Waals surface area (Å²) in [7, 11) is -1.61. The lowest BCUT2D eigenvalue weighted by atomic mass is 10.2. The van der Waals surface area contributed by atoms with Crippen molar-refractivity contribution < 1.29 is 9.53 Å². The van der Waals surface area contributed by atoms with Gasteiger partial charge < -0.3 is 4.74 Å². The van der Waals surface area contributed by atoms with Crippen LogP contribution in [0.25, 0.3) is 6.08 Å². The molecule has 0 bridgehead atoms. The summed E-state index contributed by atoms with van der Waals surface area (Å²) >= 11 is 0. The van der Waals surface area contributed by atoms with Gasteiger partial charge in [0.1, 0.15) is 8.07 Å². The molecule has 0 radical (unpaired) electrons. The van der Waals surface area contributed by atoms with E-state index in [2.05, 4.69) is 19.6 Å². The summed E-state index contributed by atoms with van der Waals surface area (Å²) in [6.07, 6.45) is 1.97. The summed E-state index contributed by atoms with van der Waals surface area (Å²) in [5, 5.41) is 0.825. The summed E-state index contributed by atoms with van der Waals surface area (Å²) in [5.41, 5.74) is 1.07. The molecule has 0 heterocycles. The number of hydrogen-bond acceptors (Lipinski definition) is 2. The number of hydrogen-bond donors (Lipinski definition) is 0. The molecule has 0 fully saturated rings. The van der Waals surface area contributed by atoms with Crippen molar-refractivity contribution in [3.8, 4) is 0 Å². The van der Waals surface area contributed by atoms with Crippen molar-refractivity contribution in [2.24, 2.45) is 0 Å². The van der Waals surface area contributed by atoms with Crippen LogP contribution in [0.2, 0.25) is 19.6 Å². The van der Waals surface area contributed by atoms with Gasteiger partial charge in [-0.1, -0.05) is 50.0 Å². The molecule has 0 amide bonds. The Morgan fingerprint density at radius 2 is 1.75 bits per heavy atom. The topological polar surface area (TPSA) is 26.3 Å². The van der Waals surface area contributed by atoms with Gasteiger partial charge in [-0.3, -0.25) is 4.79 Å². The highest BCUT2D eigenvalue weighted by Gasteiger charge is 2.23. The second-order valence-electron chi connectivity index (χ2n) is 4.76. The van der Waals surface area contributed by atoms with Gasteiger partial charge in [0.15, 0.2) is 0 Å². The van der Waals surface area contributed by atoms with E-state index >= 15 is 0 Å². The molecule has 16 heavy (non-hydrogen) atoms. The third kappa shape index (κ3) is 4.02. The summed E-state index contributed by atoms with van der Waals surface area (Å²) < 4.78 is 5.30. The molecule has 2 nitrogen and oxygen atoms in total. The third-order valence-electron chi connectivity index (χ3n) is 2.09. The minimum atomic E-state index is -1.61. The minimum absolute atomic E-state index is 0.246. The second kappa shape index (κ2) is 5.12. The van der Waals surface area contributed by atoms with Crippen molar-refractivity contribution in [2.45, 2.75) is 26.6 Å². The second-order valence-corrected chi connectivity index (χ2v) is 9.76. The fourth-order valence-corrected chi connectivity index (χ4v) is 2.30. The van der Waals surface area contributed by atoms with E-state index in [-0.39, 0.29) is 5.97 Å². The fourth-order valence-electron chi connectivity index (χ4n) is 1.25. The molecule has 0 spiro atoms. The first-order chi connectivity index (χ1) is 7.39. The molecular weight excluding hydrogens is 216 g/mol. The van der Waals surface area contributed by atoms with Crippen LogP contribution in [0.4, 0.5) is 0 Å². The van der Waals surface area contributed by atoms with Gasteiger partial charge in [-0.25, -0.2) is 0 Å². The van der Waals surface area contributed by atoms with Gasteiger partial charge >= 0.3 is 5.97 Å². The molecule has 0 aliphatic carbocycles. The Kier molecular flexibility index (Phi) is 4.07. The minimum Gasteiger partial charge on any atom is -0.437 e. The Hall–Kier alpha value is -1.35. The zero-order chi connectivity index (χ0) is 12.2. The van der Waals surface area contributed by atoms with E-state index < -0.39 is 8.07 Å². The first kappa shape index (κ1) is 12.7. The van der Waals surface area contributed by atoms with Crippen LogP contribution >= 0.6 is 0 Å². The predicted octanol–water partition coefficient (Wildman–Crippen LogP) is 3.47. The van der Waals surface area contributed by atoms with Crippen molar-refractivity contribution in [1.29, 1.82) is 0 Å². The first-order valence-corrected chi connectivity index (χ1v) is 8.85. The average Bonchev–Trinajstić information content (AvgIpc) is 2.16. The summed E-state index contributed by atoms with van der Waals surface area (Å²) in [5.74, 6) is -0.246. The highest BCUT2D eigenvalue weighted by molar-refractivity contribution is 6.83. The quantitative estimate of drug-likeness (QED) is 0.455. The van der Waals surface area contributed by atoms with Crippen LogP contribution in [0.5, 0.6) is 0 Å². The van der Waals surface area contributed by atoms with Gasteiger partial charge in [0.05, 0.1) is 5.38 Å². The zero-order valence-corrected chi connectivity index (χ0v) is 11.3. The van der Waals surface area contributed by atoms with Crippen molar-refractivity contribution in [2.75, 3.05) is 0 Å². The maximum atomic E-state index is 11.1. The van der Waals surface area contributed by atoms with Crippen molar-refractivity contribution in [3.05, 3.63) is 41.3 Å². The van der Waals surface area contributed by atoms with Crippen molar-refractivity contribution in [1.82, 2.24) is 0 Å². The molecule has 0 saturated heterocycles. The fraction of sp³-hybridized carbons (Fsp3) is 0.308. The van der Waals surface area contributed by atoms with Crippen molar-refractivity contribution in [3.63, 3.8) is 0 Å². The SMILES string of the molecule is CC(=O)O/C(=C\c1ccccc1)[Si](C)(C)C. The Bertz CT molecular complexity index is 388. The van der Waals surface area contributed by atoms with Gasteiger partial charge in [0, 0.05) is 6.92 Å². The number of carbonyl (C=O) groups excluding carboxylic acids is 1. The third-order valence-corrected chi connectivity index (χ3v) is 3.82. The van der Waals surface area contributed by atoms with Crippen LogP contribution in [-0.2, 0) is 9.53 Å². The van der Waals surface area contributed by atoms with Gasteiger partial charge in [-0.2, -0.15) is 0 Å². The van der Waals surface area contributed by atoms with Crippen LogP contribution in [0, 0.1) is 0 Å². The number of rotatable bonds is 3. The Morgan fingerprint density at radius 3 is 2.19 bits per heavy atom. The maximum absolute atomic E-state index is 11.1. The lowest BCUT2D eigenvalue weighted by Crippen LogP contribution is -2.27. The lowest BCUT2D eigenvalue weighted by molar-refractivity contribution is -0.136. The molecular formula is C13H18O2Si. The van der Waals surface area contributed by atoms with E-state index in [0.29, 0.717) is 0 Å². The molecule has 0 unspecified atom stereocenters. The summed E-state index contributed by atoms with van der Waals surface area (Å²) in [6.45, 7) is 7.92. The Morgan fingerprint density at radius 1 is 1.19 bits per heavy atom. The molecule has 0 atom stereocenters. The normalized spacial score (nSPS) is 12.4. The smallest absolute Gasteiger partial charge is 0.307 e. The number of carbonyl (C=O) groups is 1. The zero-order valence-electron chi connectivity index (χ0n) is 10.3. The molecule has 0 aliphatic rings. The Labute approximate surface area is 98.0 Å². The highest BCUT2D eigenvalue weighted by atomic mass is 28.3. The highest BCUT2D eigenvalue weighted by Crippen LogP contribution is 2.19. The molecule has 86 valence electrons. The van der Waals surface area contributed by atoms with Crippen molar-refractivity contribution >= 4 is 20.1 Å². The molecule has 0 N–H and O–H groups in total. The van der Waals surface area contributed by atoms with E-state index in [0.717, 1.165) is 10.9 Å². The lowest BCUT2D eigenvalue weighted by Gasteiger charge is -2.19. The molecule has 0 aromatic heterocycles. The molecule has 0 saturated carbocycles. The van der Waals surface area contributed by atoms with E-state index in [1.807, 2.05) is 36.4 Å². The standard InChI is InChI=1S/C13H18O2Si/c1-11(14)15-13(16(2,3)4)10-12-8-6-5-7-9-12/h5-10H,1-4H3/b13-10+. The monoisotopic (exact) mass is 234 g/mol. The van der Waals surface area contributed by atoms with Crippen LogP contribution in [-0.4, -0.2) is 14.0 Å². The van der Waals surface area contributed by atoms with Gasteiger partial charge in [0.2, 0.25) is 0 Å². The van der Waals surface area contributed by atoms with E-state index in [4.69, 9.17) is 4.74 Å². The van der Waals surface area contributed by atoms with E-state index in [1.165, 1.54) is 6.92 Å². The molecule has 1 rings (SSSR count). The van der Waals surface area contributed by atoms with Crippen LogP contribution < -0.4 is 0 Å². The van der Waals surface area contributed by atoms with E-state index in [1.54, 1.807) is 0 Å². The summed E-state index contributed by atoms with van der Waals surface area (Å²) in [6, 6.07) is 9.92. The molecule has 1 aromatic rings. The van der Waals surface area contributed by atoms with Crippen LogP contribution in [0.1, 0.15) is 12.5 Å². The predicted molar refractivity (Wildman–Crippen MR) is 69.5 cm³/mol. The maximum Gasteiger partial charge on any atom is 0.307 e. The molecule has 1 aromatic carbocycles. The largest absolute Gasteiger partial charge is 0.437 e. The molecule has 3 heteroatoms. The van der Waals surface area contributed by atoms with Gasteiger partial charge in [-0.15, -0.1) is 0 Å². The number of esters is 1. The Balaban J connectivity index is 3.02. The average molecular weight is 234 g/mol. The summed E-state index contributed by atoms with van der Waals surface area (Å²) in [4.78, 5) is 11.1. The van der Waals surface area contributed by atoms with Crippen LogP contribution in [0.3, 0.4) is 0 Å². The molecule has 0 aliphatic heterocycles. The van der Waals surface area contributed by atoms with Gasteiger partial charge in [-0.05, 0) is 11.6 Å². The number of benzene rings is 1. The van der Waals surface area contributed by atoms with Gasteiger partial charge in [0.25, 0.3) is 0 Å².